The van der Waals surface area contributed by atoms with Crippen LogP contribution in [0.5, 0.6) is 0 Å². The van der Waals surface area contributed by atoms with Crippen LogP contribution in [-0.4, -0.2) is 67.6 Å². The van der Waals surface area contributed by atoms with Crippen LogP contribution in [0.1, 0.15) is 12.8 Å². The van der Waals surface area contributed by atoms with E-state index < -0.39 is 0 Å². The van der Waals surface area contributed by atoms with Gasteiger partial charge in [-0.15, -0.1) is 0 Å². The van der Waals surface area contributed by atoms with Crippen LogP contribution in [0.2, 0.25) is 0 Å². The van der Waals surface area contributed by atoms with E-state index in [2.05, 4.69) is 28.6 Å². The Kier molecular flexibility index (Phi) is 5.60. The van der Waals surface area contributed by atoms with Gasteiger partial charge < -0.3 is 15.5 Å². The molecule has 2 fully saturated rings. The lowest BCUT2D eigenvalue weighted by Crippen LogP contribution is -2.48. The Labute approximate surface area is 110 Å². The molecule has 0 aliphatic carbocycles. The molecular weight excluding hydrogens is 230 g/mol. The van der Waals surface area contributed by atoms with Gasteiger partial charge in [0.2, 0.25) is 0 Å². The fourth-order valence-corrected chi connectivity index (χ4v) is 4.11. The summed E-state index contributed by atoms with van der Waals surface area (Å²) in [5.74, 6) is 4.33. The molecule has 2 rings (SSSR count). The maximum atomic E-state index is 6.00. The third-order valence-corrected chi connectivity index (χ3v) is 5.37. The highest BCUT2D eigenvalue weighted by molar-refractivity contribution is 7.99. The maximum absolute atomic E-state index is 6.00. The van der Waals surface area contributed by atoms with Gasteiger partial charge in [-0.05, 0) is 49.8 Å². The second-order valence-corrected chi connectivity index (χ2v) is 6.77. The van der Waals surface area contributed by atoms with E-state index in [0.29, 0.717) is 0 Å². The zero-order valence-corrected chi connectivity index (χ0v) is 11.9. The van der Waals surface area contributed by atoms with Crippen LogP contribution in [-0.2, 0) is 0 Å². The summed E-state index contributed by atoms with van der Waals surface area (Å²) in [6.45, 7) is 7.01. The minimum Gasteiger partial charge on any atom is -0.330 e. The van der Waals surface area contributed by atoms with E-state index in [1.165, 1.54) is 57.1 Å². The molecule has 1 unspecified atom stereocenters. The lowest BCUT2D eigenvalue weighted by Gasteiger charge is -2.37. The van der Waals surface area contributed by atoms with Crippen molar-refractivity contribution in [3.05, 3.63) is 0 Å². The smallest absolute Gasteiger partial charge is 0.0110 e. The van der Waals surface area contributed by atoms with Crippen LogP contribution < -0.4 is 5.73 Å². The third-order valence-electron chi connectivity index (χ3n) is 4.32. The summed E-state index contributed by atoms with van der Waals surface area (Å²) >= 11 is 2.11. The van der Waals surface area contributed by atoms with E-state index in [4.69, 9.17) is 5.73 Å². The van der Waals surface area contributed by atoms with E-state index in [9.17, 15) is 0 Å². The van der Waals surface area contributed by atoms with Crippen molar-refractivity contribution < 1.29 is 0 Å². The first-order chi connectivity index (χ1) is 8.29. The molecule has 2 saturated heterocycles. The summed E-state index contributed by atoms with van der Waals surface area (Å²) in [6, 6.07) is 0. The number of likely N-dealkylation sites (N-methyl/N-ethyl adjacent to an activating group) is 1. The number of hydrogen-bond donors (Lipinski definition) is 1. The fraction of sp³-hybridized carbons (Fsp3) is 1.00. The van der Waals surface area contributed by atoms with Crippen molar-refractivity contribution in [3.63, 3.8) is 0 Å². The molecule has 3 nitrogen and oxygen atoms in total. The van der Waals surface area contributed by atoms with Crippen molar-refractivity contribution in [1.82, 2.24) is 9.80 Å². The summed E-state index contributed by atoms with van der Waals surface area (Å²) in [4.78, 5) is 5.05. The highest BCUT2D eigenvalue weighted by atomic mass is 32.2. The zero-order valence-electron chi connectivity index (χ0n) is 11.1. The first kappa shape index (κ1) is 13.7. The van der Waals surface area contributed by atoms with Gasteiger partial charge in [0.1, 0.15) is 0 Å². The number of thioether (sulfide) groups is 1. The highest BCUT2D eigenvalue weighted by Crippen LogP contribution is 2.29. The first-order valence-corrected chi connectivity index (χ1v) is 8.13. The predicted molar refractivity (Wildman–Crippen MR) is 76.5 cm³/mol. The van der Waals surface area contributed by atoms with Gasteiger partial charge in [-0.3, -0.25) is 0 Å². The van der Waals surface area contributed by atoms with Crippen LogP contribution in [0.15, 0.2) is 0 Å². The lowest BCUT2D eigenvalue weighted by molar-refractivity contribution is 0.119. The minimum absolute atomic E-state index is 0.735. The van der Waals surface area contributed by atoms with Crippen molar-refractivity contribution in [2.24, 2.45) is 17.6 Å². The van der Waals surface area contributed by atoms with Gasteiger partial charge in [-0.2, -0.15) is 11.8 Å². The van der Waals surface area contributed by atoms with E-state index in [-0.39, 0.29) is 0 Å². The molecule has 4 heteroatoms. The number of nitrogens with two attached hydrogens (primary N) is 1. The molecule has 100 valence electrons. The SMILES string of the molecule is CN1CCN(CC(CN)C2CCSCC2)CC1. The Morgan fingerprint density at radius 1 is 1.18 bits per heavy atom. The molecule has 17 heavy (non-hydrogen) atoms. The molecule has 0 spiro atoms. The molecule has 0 bridgehead atoms. The van der Waals surface area contributed by atoms with E-state index >= 15 is 0 Å². The molecule has 0 saturated carbocycles. The van der Waals surface area contributed by atoms with Crippen LogP contribution in [0.4, 0.5) is 0 Å². The number of nitrogens with zero attached hydrogens (tertiary/aromatic N) is 2. The lowest BCUT2D eigenvalue weighted by atomic mass is 9.87. The Morgan fingerprint density at radius 3 is 2.41 bits per heavy atom. The highest BCUT2D eigenvalue weighted by Gasteiger charge is 2.25. The van der Waals surface area contributed by atoms with Gasteiger partial charge in [0, 0.05) is 32.7 Å². The Morgan fingerprint density at radius 2 is 1.82 bits per heavy atom. The molecule has 0 aromatic carbocycles. The summed E-state index contributed by atoms with van der Waals surface area (Å²) in [6.07, 6.45) is 2.78. The van der Waals surface area contributed by atoms with Gasteiger partial charge in [-0.1, -0.05) is 0 Å². The molecule has 2 heterocycles. The zero-order chi connectivity index (χ0) is 12.1. The summed E-state index contributed by atoms with van der Waals surface area (Å²) < 4.78 is 0. The normalized spacial score (nSPS) is 27.2. The monoisotopic (exact) mass is 257 g/mol. The van der Waals surface area contributed by atoms with Crippen molar-refractivity contribution in [1.29, 1.82) is 0 Å². The Hall–Kier alpha value is 0.230. The van der Waals surface area contributed by atoms with Crippen molar-refractivity contribution >= 4 is 11.8 Å². The molecule has 2 N–H and O–H groups in total. The summed E-state index contributed by atoms with van der Waals surface area (Å²) in [5.41, 5.74) is 6.00. The standard InChI is InChI=1S/C13H27N3S/c1-15-4-6-16(7-5-15)11-13(10-14)12-2-8-17-9-3-12/h12-13H,2-11,14H2,1H3. The average molecular weight is 257 g/mol. The second kappa shape index (κ2) is 6.98. The topological polar surface area (TPSA) is 32.5 Å². The molecule has 2 aliphatic heterocycles. The molecular formula is C13H27N3S. The van der Waals surface area contributed by atoms with Crippen LogP contribution in [0.25, 0.3) is 0 Å². The van der Waals surface area contributed by atoms with Crippen LogP contribution in [0, 0.1) is 11.8 Å². The molecule has 0 aromatic heterocycles. The molecule has 0 aromatic rings. The number of rotatable bonds is 4. The van der Waals surface area contributed by atoms with E-state index in [0.717, 1.165) is 18.4 Å². The summed E-state index contributed by atoms with van der Waals surface area (Å²) in [7, 11) is 2.22. The van der Waals surface area contributed by atoms with Gasteiger partial charge in [0.25, 0.3) is 0 Å². The molecule has 0 amide bonds. The fourth-order valence-electron chi connectivity index (χ4n) is 2.97. The van der Waals surface area contributed by atoms with Crippen LogP contribution in [0.3, 0.4) is 0 Å². The van der Waals surface area contributed by atoms with E-state index in [1.807, 2.05) is 0 Å². The van der Waals surface area contributed by atoms with Crippen LogP contribution >= 0.6 is 11.8 Å². The largest absolute Gasteiger partial charge is 0.330 e. The minimum atomic E-state index is 0.735. The first-order valence-electron chi connectivity index (χ1n) is 6.98. The van der Waals surface area contributed by atoms with E-state index in [1.54, 1.807) is 0 Å². The third kappa shape index (κ3) is 4.12. The van der Waals surface area contributed by atoms with Gasteiger partial charge in [0.05, 0.1) is 0 Å². The van der Waals surface area contributed by atoms with Gasteiger partial charge in [-0.25, -0.2) is 0 Å². The molecule has 0 radical (unpaired) electrons. The Balaban J connectivity index is 1.78. The quantitative estimate of drug-likeness (QED) is 0.813. The maximum Gasteiger partial charge on any atom is 0.0110 e. The van der Waals surface area contributed by atoms with Crippen molar-refractivity contribution in [2.45, 2.75) is 12.8 Å². The molecule has 2 aliphatic rings. The number of piperazine rings is 1. The predicted octanol–water partition coefficient (Wildman–Crippen LogP) is 0.952. The number of hydrogen-bond acceptors (Lipinski definition) is 4. The molecule has 1 atom stereocenters. The van der Waals surface area contributed by atoms with Gasteiger partial charge >= 0.3 is 0 Å². The summed E-state index contributed by atoms with van der Waals surface area (Å²) in [5, 5.41) is 0. The Bertz CT molecular complexity index is 211. The average Bonchev–Trinajstić information content (AvgIpc) is 2.39. The van der Waals surface area contributed by atoms with Crippen molar-refractivity contribution in [2.75, 3.05) is 57.8 Å². The second-order valence-electron chi connectivity index (χ2n) is 5.55. The van der Waals surface area contributed by atoms with Gasteiger partial charge in [0.15, 0.2) is 0 Å². The van der Waals surface area contributed by atoms with Crippen molar-refractivity contribution in [3.8, 4) is 0 Å².